The van der Waals surface area contributed by atoms with Gasteiger partial charge >= 0.3 is 0 Å². The molecule has 0 spiro atoms. The van der Waals surface area contributed by atoms with Gasteiger partial charge in [-0.2, -0.15) is 0 Å². The molecule has 2 aliphatic heterocycles. The summed E-state index contributed by atoms with van der Waals surface area (Å²) in [5.41, 5.74) is 0. The van der Waals surface area contributed by atoms with Gasteiger partial charge in [0, 0.05) is 45.7 Å². The molecular weight excluding hydrogens is 244 g/mol. The molecule has 0 radical (unpaired) electrons. The van der Waals surface area contributed by atoms with Crippen molar-refractivity contribution in [3.05, 3.63) is 0 Å². The molecule has 2 heterocycles. The Morgan fingerprint density at radius 3 is 3.00 bits per heavy atom. The molecule has 0 aromatic carbocycles. The number of carbonyl (C=O) groups excluding carboxylic acids is 2. The number of hydrogen-bond acceptors (Lipinski definition) is 3. The highest BCUT2D eigenvalue weighted by Crippen LogP contribution is 2.16. The summed E-state index contributed by atoms with van der Waals surface area (Å²) in [5, 5.41) is 2.91. The maximum atomic E-state index is 11.8. The summed E-state index contributed by atoms with van der Waals surface area (Å²) in [6, 6.07) is 0. The number of nitrogens with zero attached hydrogens (tertiary/aromatic N) is 1. The summed E-state index contributed by atoms with van der Waals surface area (Å²) in [6.45, 7) is 3.59. The molecule has 0 saturated carbocycles. The van der Waals surface area contributed by atoms with E-state index in [4.69, 9.17) is 4.74 Å². The van der Waals surface area contributed by atoms with E-state index in [0.717, 1.165) is 38.8 Å². The van der Waals surface area contributed by atoms with Crippen LogP contribution in [0.1, 0.15) is 38.5 Å². The predicted octanol–water partition coefficient (Wildman–Crippen LogP) is 0.932. The zero-order chi connectivity index (χ0) is 13.5. The van der Waals surface area contributed by atoms with Crippen molar-refractivity contribution in [3.8, 4) is 0 Å². The number of hydrogen-bond donors (Lipinski definition) is 1. The highest BCUT2D eigenvalue weighted by molar-refractivity contribution is 5.77. The molecule has 5 heteroatoms. The molecular formula is C14H24N2O3. The van der Waals surface area contributed by atoms with Crippen LogP contribution in [-0.2, 0) is 14.3 Å². The van der Waals surface area contributed by atoms with Crippen molar-refractivity contribution in [2.45, 2.75) is 38.5 Å². The van der Waals surface area contributed by atoms with Gasteiger partial charge in [0.2, 0.25) is 11.8 Å². The lowest BCUT2D eigenvalue weighted by Crippen LogP contribution is -2.41. The molecule has 0 bridgehead atoms. The highest BCUT2D eigenvalue weighted by atomic mass is 16.5. The molecule has 1 N–H and O–H groups in total. The Balaban J connectivity index is 1.59. The van der Waals surface area contributed by atoms with Crippen LogP contribution in [0.4, 0.5) is 0 Å². The van der Waals surface area contributed by atoms with Crippen LogP contribution in [0.3, 0.4) is 0 Å². The number of amides is 2. The summed E-state index contributed by atoms with van der Waals surface area (Å²) in [6.07, 6.45) is 5.43. The van der Waals surface area contributed by atoms with Gasteiger partial charge in [-0.25, -0.2) is 0 Å². The van der Waals surface area contributed by atoms with Gasteiger partial charge in [0.25, 0.3) is 0 Å². The van der Waals surface area contributed by atoms with Crippen LogP contribution >= 0.6 is 0 Å². The highest BCUT2D eigenvalue weighted by Gasteiger charge is 2.19. The lowest BCUT2D eigenvalue weighted by Gasteiger charge is -2.27. The third-order valence-corrected chi connectivity index (χ3v) is 3.85. The molecule has 0 aliphatic carbocycles. The number of likely N-dealkylation sites (tertiary alicyclic amines) is 1. The molecule has 5 nitrogen and oxygen atoms in total. The third-order valence-electron chi connectivity index (χ3n) is 3.85. The van der Waals surface area contributed by atoms with E-state index in [-0.39, 0.29) is 11.8 Å². The van der Waals surface area contributed by atoms with E-state index in [1.807, 2.05) is 4.90 Å². The number of nitrogens with one attached hydrogen (secondary N) is 1. The van der Waals surface area contributed by atoms with E-state index in [1.54, 1.807) is 0 Å². The van der Waals surface area contributed by atoms with Crippen LogP contribution in [0, 0.1) is 5.92 Å². The topological polar surface area (TPSA) is 58.6 Å². The first-order valence-electron chi connectivity index (χ1n) is 7.38. The maximum absolute atomic E-state index is 11.8. The zero-order valence-electron chi connectivity index (χ0n) is 11.5. The third kappa shape index (κ3) is 4.82. The van der Waals surface area contributed by atoms with Crippen LogP contribution < -0.4 is 5.32 Å². The summed E-state index contributed by atoms with van der Waals surface area (Å²) < 4.78 is 5.36. The average molecular weight is 268 g/mol. The summed E-state index contributed by atoms with van der Waals surface area (Å²) in [7, 11) is 0. The first-order chi connectivity index (χ1) is 9.25. The fourth-order valence-electron chi connectivity index (χ4n) is 2.73. The summed E-state index contributed by atoms with van der Waals surface area (Å²) >= 11 is 0. The van der Waals surface area contributed by atoms with E-state index in [0.29, 0.717) is 38.5 Å². The molecule has 0 aromatic heterocycles. The fourth-order valence-corrected chi connectivity index (χ4v) is 2.73. The fraction of sp³-hybridized carbons (Fsp3) is 0.857. The predicted molar refractivity (Wildman–Crippen MR) is 71.6 cm³/mol. The number of piperidine rings is 1. The van der Waals surface area contributed by atoms with Gasteiger partial charge in [0.05, 0.1) is 0 Å². The second-order valence-electron chi connectivity index (χ2n) is 5.48. The molecule has 1 unspecified atom stereocenters. The maximum Gasteiger partial charge on any atom is 0.222 e. The van der Waals surface area contributed by atoms with Gasteiger partial charge < -0.3 is 15.0 Å². The van der Waals surface area contributed by atoms with Crippen molar-refractivity contribution in [1.29, 1.82) is 0 Å². The van der Waals surface area contributed by atoms with Crippen LogP contribution in [0.25, 0.3) is 0 Å². The first-order valence-corrected chi connectivity index (χ1v) is 7.38. The second kappa shape index (κ2) is 7.48. The van der Waals surface area contributed by atoms with E-state index in [1.165, 1.54) is 0 Å². The minimum Gasteiger partial charge on any atom is -0.381 e. The van der Waals surface area contributed by atoms with Crippen molar-refractivity contribution < 1.29 is 14.3 Å². The number of carbonyl (C=O) groups is 2. The lowest BCUT2D eigenvalue weighted by molar-refractivity contribution is -0.133. The summed E-state index contributed by atoms with van der Waals surface area (Å²) in [5.74, 6) is 0.673. The van der Waals surface area contributed by atoms with Crippen LogP contribution in [-0.4, -0.2) is 49.6 Å². The Morgan fingerprint density at radius 1 is 1.37 bits per heavy atom. The van der Waals surface area contributed by atoms with Gasteiger partial charge in [0.15, 0.2) is 0 Å². The Hall–Kier alpha value is -1.10. The molecule has 2 rings (SSSR count). The molecule has 2 aliphatic rings. The smallest absolute Gasteiger partial charge is 0.222 e. The van der Waals surface area contributed by atoms with Crippen molar-refractivity contribution in [2.24, 2.45) is 5.92 Å². The SMILES string of the molecule is O=C(CC1CCCOC1)NCCN1CCCCC1=O. The standard InChI is InChI=1S/C14H24N2O3/c17-13(10-12-4-3-9-19-11-12)15-6-8-16-7-2-1-5-14(16)18/h12H,1-11H2,(H,15,17). The molecule has 2 fully saturated rings. The van der Waals surface area contributed by atoms with Crippen molar-refractivity contribution in [1.82, 2.24) is 10.2 Å². The Labute approximate surface area is 114 Å². The largest absolute Gasteiger partial charge is 0.381 e. The quantitative estimate of drug-likeness (QED) is 0.807. The molecule has 19 heavy (non-hydrogen) atoms. The Morgan fingerprint density at radius 2 is 2.26 bits per heavy atom. The molecule has 0 aromatic rings. The van der Waals surface area contributed by atoms with Gasteiger partial charge in [-0.05, 0) is 31.6 Å². The molecule has 2 amide bonds. The summed E-state index contributed by atoms with van der Waals surface area (Å²) in [4.78, 5) is 25.2. The minimum absolute atomic E-state index is 0.0833. The van der Waals surface area contributed by atoms with Crippen molar-refractivity contribution in [2.75, 3.05) is 32.8 Å². The number of rotatable bonds is 5. The van der Waals surface area contributed by atoms with Gasteiger partial charge in [0.1, 0.15) is 0 Å². The Kier molecular flexibility index (Phi) is 5.63. The zero-order valence-corrected chi connectivity index (χ0v) is 11.5. The van der Waals surface area contributed by atoms with Crippen molar-refractivity contribution in [3.63, 3.8) is 0 Å². The molecule has 1 atom stereocenters. The number of ether oxygens (including phenoxy) is 1. The van der Waals surface area contributed by atoms with Crippen LogP contribution in [0.5, 0.6) is 0 Å². The van der Waals surface area contributed by atoms with Crippen LogP contribution in [0.2, 0.25) is 0 Å². The minimum atomic E-state index is 0.0833. The van der Waals surface area contributed by atoms with Gasteiger partial charge in [-0.3, -0.25) is 9.59 Å². The average Bonchev–Trinajstić information content (AvgIpc) is 2.42. The van der Waals surface area contributed by atoms with Crippen molar-refractivity contribution >= 4 is 11.8 Å². The Bertz CT molecular complexity index is 314. The molecule has 2 saturated heterocycles. The van der Waals surface area contributed by atoms with Crippen LogP contribution in [0.15, 0.2) is 0 Å². The lowest BCUT2D eigenvalue weighted by atomic mass is 9.98. The first kappa shape index (κ1) is 14.3. The monoisotopic (exact) mass is 268 g/mol. The van der Waals surface area contributed by atoms with E-state index in [9.17, 15) is 9.59 Å². The van der Waals surface area contributed by atoms with Gasteiger partial charge in [-0.15, -0.1) is 0 Å². The van der Waals surface area contributed by atoms with Gasteiger partial charge in [-0.1, -0.05) is 0 Å². The normalized spacial score (nSPS) is 24.3. The second-order valence-corrected chi connectivity index (χ2v) is 5.48. The molecule has 108 valence electrons. The van der Waals surface area contributed by atoms with E-state index in [2.05, 4.69) is 5.32 Å². The van der Waals surface area contributed by atoms with E-state index >= 15 is 0 Å². The van der Waals surface area contributed by atoms with E-state index < -0.39 is 0 Å².